The summed E-state index contributed by atoms with van der Waals surface area (Å²) in [6.07, 6.45) is 0. The number of benzene rings is 1. The Balaban J connectivity index is 2.35. The highest BCUT2D eigenvalue weighted by Gasteiger charge is 2.42. The highest BCUT2D eigenvalue weighted by Crippen LogP contribution is 2.28. The van der Waals surface area contributed by atoms with Gasteiger partial charge >= 0.3 is 0 Å². The van der Waals surface area contributed by atoms with Crippen molar-refractivity contribution in [3.8, 4) is 0 Å². The number of nitrogens with one attached hydrogen (secondary N) is 1. The first kappa shape index (κ1) is 15.4. The molecule has 0 aliphatic carbocycles. The molecule has 1 heterocycles. The second kappa shape index (κ2) is 5.42. The third-order valence-electron chi connectivity index (χ3n) is 3.46. The molecule has 1 aliphatic rings. The molecule has 4 nitrogen and oxygen atoms in total. The zero-order valence-electron chi connectivity index (χ0n) is 12.2. The highest BCUT2D eigenvalue weighted by atomic mass is 19.1. The van der Waals surface area contributed by atoms with Gasteiger partial charge in [-0.05, 0) is 23.6 Å². The molecule has 0 spiro atoms. The summed E-state index contributed by atoms with van der Waals surface area (Å²) in [5.74, 6) is -1.76. The Morgan fingerprint density at radius 3 is 2.57 bits per heavy atom. The minimum absolute atomic E-state index is 0.0623. The average molecular weight is 296 g/mol. The number of nitrogens with zero attached hydrogens (tertiary/aromatic N) is 1. The minimum atomic E-state index is -0.721. The fraction of sp³-hybridized carbons (Fsp3) is 0.467. The van der Waals surface area contributed by atoms with Crippen molar-refractivity contribution in [1.29, 1.82) is 0 Å². The number of carbonyl (C=O) groups excluding carboxylic acids is 2. The molecule has 2 rings (SSSR count). The van der Waals surface area contributed by atoms with Crippen LogP contribution in [0.3, 0.4) is 0 Å². The van der Waals surface area contributed by atoms with Crippen molar-refractivity contribution in [3.63, 3.8) is 0 Å². The fourth-order valence-corrected chi connectivity index (χ4v) is 2.53. The lowest BCUT2D eigenvalue weighted by atomic mass is 9.83. The number of hydrogen-bond donors (Lipinski definition) is 1. The van der Waals surface area contributed by atoms with Gasteiger partial charge in [-0.15, -0.1) is 0 Å². The Labute approximate surface area is 122 Å². The van der Waals surface area contributed by atoms with E-state index in [-0.39, 0.29) is 30.5 Å². The quantitative estimate of drug-likeness (QED) is 0.905. The number of amides is 2. The van der Waals surface area contributed by atoms with Crippen LogP contribution < -0.4 is 5.32 Å². The molecule has 1 atom stereocenters. The number of rotatable bonds is 2. The zero-order valence-corrected chi connectivity index (χ0v) is 12.2. The average Bonchev–Trinajstić information content (AvgIpc) is 2.36. The van der Waals surface area contributed by atoms with Crippen LogP contribution in [0, 0.1) is 17.0 Å². The van der Waals surface area contributed by atoms with Crippen molar-refractivity contribution >= 4 is 11.8 Å². The molecule has 1 aromatic rings. The summed E-state index contributed by atoms with van der Waals surface area (Å²) in [5.41, 5.74) is -0.448. The van der Waals surface area contributed by atoms with Gasteiger partial charge in [-0.25, -0.2) is 8.78 Å². The molecule has 1 unspecified atom stereocenters. The predicted octanol–water partition coefficient (Wildman–Crippen LogP) is 1.84. The molecule has 2 amide bonds. The van der Waals surface area contributed by atoms with E-state index in [9.17, 15) is 18.4 Å². The first-order valence-corrected chi connectivity index (χ1v) is 6.71. The lowest BCUT2D eigenvalue weighted by Gasteiger charge is -2.42. The Kier molecular flexibility index (Phi) is 3.98. The number of piperazine rings is 1. The third-order valence-corrected chi connectivity index (χ3v) is 3.46. The Morgan fingerprint density at radius 1 is 1.29 bits per heavy atom. The second-order valence-corrected chi connectivity index (χ2v) is 6.24. The van der Waals surface area contributed by atoms with Crippen molar-refractivity contribution < 1.29 is 18.4 Å². The van der Waals surface area contributed by atoms with Crippen molar-refractivity contribution in [2.75, 3.05) is 6.54 Å². The van der Waals surface area contributed by atoms with E-state index in [2.05, 4.69) is 5.32 Å². The van der Waals surface area contributed by atoms with E-state index >= 15 is 0 Å². The lowest BCUT2D eigenvalue weighted by molar-refractivity contribution is -0.150. The summed E-state index contributed by atoms with van der Waals surface area (Å²) in [6, 6.07) is 2.37. The summed E-state index contributed by atoms with van der Waals surface area (Å²) < 4.78 is 27.0. The molecule has 6 heteroatoms. The van der Waals surface area contributed by atoms with Crippen molar-refractivity contribution in [2.24, 2.45) is 5.41 Å². The molecule has 1 aromatic carbocycles. The van der Waals surface area contributed by atoms with Crippen LogP contribution in [0.4, 0.5) is 8.78 Å². The van der Waals surface area contributed by atoms with Gasteiger partial charge in [0, 0.05) is 12.1 Å². The normalized spacial score (nSPS) is 19.7. The van der Waals surface area contributed by atoms with E-state index in [1.165, 1.54) is 4.90 Å². The van der Waals surface area contributed by atoms with Crippen LogP contribution in [0.5, 0.6) is 0 Å². The maximum atomic E-state index is 13.8. The fourth-order valence-electron chi connectivity index (χ4n) is 2.53. The second-order valence-electron chi connectivity index (χ2n) is 6.24. The molecule has 1 fully saturated rings. The van der Waals surface area contributed by atoms with Crippen molar-refractivity contribution in [3.05, 3.63) is 35.4 Å². The molecular formula is C15H18F2N2O2. The molecule has 0 aromatic heterocycles. The Hall–Kier alpha value is -1.98. The van der Waals surface area contributed by atoms with Crippen LogP contribution in [0.1, 0.15) is 26.3 Å². The van der Waals surface area contributed by atoms with Crippen LogP contribution in [-0.2, 0) is 16.1 Å². The molecular weight excluding hydrogens is 278 g/mol. The Bertz CT molecular complexity index is 582. The van der Waals surface area contributed by atoms with Gasteiger partial charge in [0.2, 0.25) is 11.8 Å². The topological polar surface area (TPSA) is 49.4 Å². The van der Waals surface area contributed by atoms with Crippen LogP contribution >= 0.6 is 0 Å². The molecule has 1 saturated heterocycles. The molecule has 114 valence electrons. The maximum absolute atomic E-state index is 13.8. The zero-order chi connectivity index (χ0) is 15.8. The molecule has 1 N–H and O–H groups in total. The van der Waals surface area contributed by atoms with Crippen molar-refractivity contribution in [2.45, 2.75) is 33.4 Å². The standard InChI is InChI=1S/C15H18F2N2O2/c1-15(2,3)13-14(21)18-7-12(20)19(13)8-9-6-10(16)4-5-11(9)17/h4-6,13H,7-8H2,1-3H3,(H,18,21). The van der Waals surface area contributed by atoms with E-state index in [4.69, 9.17) is 0 Å². The van der Waals surface area contributed by atoms with E-state index in [1.54, 1.807) is 0 Å². The van der Waals surface area contributed by atoms with Crippen LogP contribution in [0.25, 0.3) is 0 Å². The van der Waals surface area contributed by atoms with Gasteiger partial charge < -0.3 is 10.2 Å². The van der Waals surface area contributed by atoms with Gasteiger partial charge in [0.25, 0.3) is 0 Å². The summed E-state index contributed by atoms with van der Waals surface area (Å²) in [5, 5.41) is 2.53. The molecule has 0 bridgehead atoms. The SMILES string of the molecule is CC(C)(C)C1C(=O)NCC(=O)N1Cc1cc(F)ccc1F. The summed E-state index contributed by atoms with van der Waals surface area (Å²) in [4.78, 5) is 25.5. The summed E-state index contributed by atoms with van der Waals surface area (Å²) in [7, 11) is 0. The van der Waals surface area contributed by atoms with E-state index < -0.39 is 23.1 Å². The van der Waals surface area contributed by atoms with Gasteiger partial charge in [-0.2, -0.15) is 0 Å². The molecule has 0 saturated carbocycles. The van der Waals surface area contributed by atoms with E-state index in [0.717, 1.165) is 18.2 Å². The maximum Gasteiger partial charge on any atom is 0.243 e. The van der Waals surface area contributed by atoms with Crippen LogP contribution in [0.2, 0.25) is 0 Å². The smallest absolute Gasteiger partial charge is 0.243 e. The van der Waals surface area contributed by atoms with E-state index in [1.807, 2.05) is 20.8 Å². The molecule has 0 radical (unpaired) electrons. The van der Waals surface area contributed by atoms with Gasteiger partial charge in [0.05, 0.1) is 6.54 Å². The monoisotopic (exact) mass is 296 g/mol. The highest BCUT2D eigenvalue weighted by molar-refractivity contribution is 5.95. The van der Waals surface area contributed by atoms with E-state index in [0.29, 0.717) is 0 Å². The van der Waals surface area contributed by atoms with Gasteiger partial charge in [-0.1, -0.05) is 20.8 Å². The summed E-state index contributed by atoms with van der Waals surface area (Å²) in [6.45, 7) is 5.22. The number of carbonyl (C=O) groups is 2. The minimum Gasteiger partial charge on any atom is -0.345 e. The number of halogens is 2. The van der Waals surface area contributed by atoms with Crippen LogP contribution in [-0.4, -0.2) is 29.3 Å². The lowest BCUT2D eigenvalue weighted by Crippen LogP contribution is -2.62. The van der Waals surface area contributed by atoms with Crippen molar-refractivity contribution in [1.82, 2.24) is 10.2 Å². The molecule has 21 heavy (non-hydrogen) atoms. The Morgan fingerprint density at radius 2 is 1.95 bits per heavy atom. The third kappa shape index (κ3) is 3.20. The van der Waals surface area contributed by atoms with Gasteiger partial charge in [-0.3, -0.25) is 9.59 Å². The van der Waals surface area contributed by atoms with Gasteiger partial charge in [0.1, 0.15) is 17.7 Å². The first-order valence-electron chi connectivity index (χ1n) is 6.71. The van der Waals surface area contributed by atoms with Crippen LogP contribution in [0.15, 0.2) is 18.2 Å². The van der Waals surface area contributed by atoms with Gasteiger partial charge in [0.15, 0.2) is 0 Å². The molecule has 1 aliphatic heterocycles. The first-order chi connectivity index (χ1) is 9.70. The summed E-state index contributed by atoms with van der Waals surface area (Å²) >= 11 is 0. The largest absolute Gasteiger partial charge is 0.345 e. The number of hydrogen-bond acceptors (Lipinski definition) is 2. The predicted molar refractivity (Wildman–Crippen MR) is 73.2 cm³/mol.